The molecule has 1 amide bonds. The molecule has 3 rings (SSSR count). The zero-order valence-corrected chi connectivity index (χ0v) is 13.4. The van der Waals surface area contributed by atoms with E-state index < -0.39 is 25.3 Å². The monoisotopic (exact) mass is 346 g/mol. The molecule has 134 valence electrons. The van der Waals surface area contributed by atoms with Gasteiger partial charge in [-0.15, -0.1) is 10.2 Å². The third-order valence-electron chi connectivity index (χ3n) is 4.50. The summed E-state index contributed by atoms with van der Waals surface area (Å²) < 4.78 is 43.0. The van der Waals surface area contributed by atoms with Crippen molar-refractivity contribution in [1.29, 1.82) is 0 Å². The van der Waals surface area contributed by atoms with E-state index in [1.165, 1.54) is 0 Å². The zero-order valence-electron chi connectivity index (χ0n) is 13.4. The summed E-state index contributed by atoms with van der Waals surface area (Å²) in [6.45, 7) is -0.615. The van der Waals surface area contributed by atoms with Gasteiger partial charge in [0.2, 0.25) is 5.91 Å². The van der Waals surface area contributed by atoms with Crippen LogP contribution in [-0.4, -0.2) is 51.5 Å². The normalized spacial score (nSPS) is 21.6. The molecular formula is C15H21F3N4O2. The van der Waals surface area contributed by atoms with Gasteiger partial charge in [-0.25, -0.2) is 0 Å². The van der Waals surface area contributed by atoms with E-state index in [0.29, 0.717) is 6.54 Å². The summed E-state index contributed by atoms with van der Waals surface area (Å²) in [5.74, 6) is 1.27. The SMILES string of the molecule is O=C(COCC(F)(F)F)N1CCC[C@H]1c1nnc2n1CCCCC2. The van der Waals surface area contributed by atoms with Gasteiger partial charge in [0.25, 0.3) is 0 Å². The summed E-state index contributed by atoms with van der Waals surface area (Å²) in [6, 6.07) is -0.216. The second-order valence-corrected chi connectivity index (χ2v) is 6.29. The lowest BCUT2D eigenvalue weighted by Gasteiger charge is -2.24. The van der Waals surface area contributed by atoms with Crippen LogP contribution in [0, 0.1) is 0 Å². The molecule has 0 radical (unpaired) electrons. The maximum atomic E-state index is 12.2. The summed E-state index contributed by atoms with van der Waals surface area (Å²) in [7, 11) is 0. The fourth-order valence-corrected chi connectivity index (χ4v) is 3.42. The predicted molar refractivity (Wildman–Crippen MR) is 78.1 cm³/mol. The lowest BCUT2D eigenvalue weighted by Crippen LogP contribution is -2.35. The topological polar surface area (TPSA) is 60.2 Å². The highest BCUT2D eigenvalue weighted by atomic mass is 19.4. The molecule has 6 nitrogen and oxygen atoms in total. The van der Waals surface area contributed by atoms with E-state index in [1.807, 2.05) is 0 Å². The molecule has 9 heteroatoms. The zero-order chi connectivity index (χ0) is 17.2. The molecule has 1 fully saturated rings. The molecule has 0 spiro atoms. The van der Waals surface area contributed by atoms with Gasteiger partial charge in [-0.05, 0) is 25.7 Å². The standard InChI is InChI=1S/C15H21F3N4O2/c16-15(17,18)10-24-9-13(23)21-8-4-5-11(21)14-20-19-12-6-2-1-3-7-22(12)14/h11H,1-10H2/t11-/m0/s1. The van der Waals surface area contributed by atoms with Gasteiger partial charge < -0.3 is 14.2 Å². The number of rotatable bonds is 4. The number of fused-ring (bicyclic) bond motifs is 1. The van der Waals surface area contributed by atoms with E-state index in [0.717, 1.165) is 56.7 Å². The van der Waals surface area contributed by atoms with E-state index in [2.05, 4.69) is 19.5 Å². The Balaban J connectivity index is 1.67. The summed E-state index contributed by atoms with van der Waals surface area (Å²) in [4.78, 5) is 13.8. The van der Waals surface area contributed by atoms with Crippen molar-refractivity contribution in [2.75, 3.05) is 19.8 Å². The highest BCUT2D eigenvalue weighted by Crippen LogP contribution is 2.32. The van der Waals surface area contributed by atoms with Crippen LogP contribution in [0.5, 0.6) is 0 Å². The van der Waals surface area contributed by atoms with Crippen LogP contribution in [0.1, 0.15) is 49.8 Å². The summed E-state index contributed by atoms with van der Waals surface area (Å²) in [5.41, 5.74) is 0. The summed E-state index contributed by atoms with van der Waals surface area (Å²) in [5, 5.41) is 8.52. The average Bonchev–Trinajstić information content (AvgIpc) is 3.07. The number of alkyl halides is 3. The predicted octanol–water partition coefficient (Wildman–Crippen LogP) is 2.25. The van der Waals surface area contributed by atoms with Crippen molar-refractivity contribution < 1.29 is 22.7 Å². The Morgan fingerprint density at radius 2 is 2.00 bits per heavy atom. The minimum atomic E-state index is -4.42. The maximum Gasteiger partial charge on any atom is 0.411 e. The first-order valence-corrected chi connectivity index (χ1v) is 8.31. The van der Waals surface area contributed by atoms with Crippen LogP contribution in [0.3, 0.4) is 0 Å². The Bertz CT molecular complexity index is 588. The third-order valence-corrected chi connectivity index (χ3v) is 4.50. The van der Waals surface area contributed by atoms with E-state index in [9.17, 15) is 18.0 Å². The number of hydrogen-bond acceptors (Lipinski definition) is 4. The first kappa shape index (κ1) is 17.2. The minimum Gasteiger partial charge on any atom is -0.362 e. The highest BCUT2D eigenvalue weighted by Gasteiger charge is 2.35. The molecule has 0 unspecified atom stereocenters. The van der Waals surface area contributed by atoms with Gasteiger partial charge >= 0.3 is 6.18 Å². The summed E-state index contributed by atoms with van der Waals surface area (Å²) >= 11 is 0. The first-order chi connectivity index (χ1) is 11.5. The Labute approximate surface area is 138 Å². The number of amides is 1. The number of nitrogens with zero attached hydrogens (tertiary/aromatic N) is 4. The number of aromatic nitrogens is 3. The number of halogens is 3. The molecule has 2 aliphatic rings. The second-order valence-electron chi connectivity index (χ2n) is 6.29. The molecular weight excluding hydrogens is 325 g/mol. The van der Waals surface area contributed by atoms with Crippen molar-refractivity contribution in [3.63, 3.8) is 0 Å². The molecule has 0 aromatic carbocycles. The Morgan fingerprint density at radius 3 is 2.79 bits per heavy atom. The van der Waals surface area contributed by atoms with E-state index in [4.69, 9.17) is 0 Å². The maximum absolute atomic E-state index is 12.2. The smallest absolute Gasteiger partial charge is 0.362 e. The first-order valence-electron chi connectivity index (χ1n) is 8.31. The van der Waals surface area contributed by atoms with Crippen LogP contribution >= 0.6 is 0 Å². The van der Waals surface area contributed by atoms with Crippen LogP contribution in [0.2, 0.25) is 0 Å². The van der Waals surface area contributed by atoms with Crippen LogP contribution in [0.15, 0.2) is 0 Å². The highest BCUT2D eigenvalue weighted by molar-refractivity contribution is 5.78. The van der Waals surface area contributed by atoms with Gasteiger partial charge in [-0.3, -0.25) is 4.79 Å². The van der Waals surface area contributed by atoms with E-state index in [-0.39, 0.29) is 6.04 Å². The molecule has 1 atom stereocenters. The van der Waals surface area contributed by atoms with Crippen molar-refractivity contribution in [3.8, 4) is 0 Å². The Hall–Kier alpha value is -1.64. The Morgan fingerprint density at radius 1 is 1.17 bits per heavy atom. The lowest BCUT2D eigenvalue weighted by atomic mass is 10.2. The van der Waals surface area contributed by atoms with Gasteiger partial charge in [0, 0.05) is 19.5 Å². The van der Waals surface area contributed by atoms with Gasteiger partial charge in [0.05, 0.1) is 6.04 Å². The number of aryl methyl sites for hydroxylation is 1. The molecule has 3 heterocycles. The van der Waals surface area contributed by atoms with Crippen LogP contribution in [0.25, 0.3) is 0 Å². The van der Waals surface area contributed by atoms with Crippen molar-refractivity contribution in [2.24, 2.45) is 0 Å². The third kappa shape index (κ3) is 3.88. The molecule has 0 aliphatic carbocycles. The molecule has 1 aromatic rings. The number of carbonyl (C=O) groups excluding carboxylic acids is 1. The summed E-state index contributed by atoms with van der Waals surface area (Å²) in [6.07, 6.45) is 1.28. The minimum absolute atomic E-state index is 0.216. The molecule has 24 heavy (non-hydrogen) atoms. The second kappa shape index (κ2) is 7.08. The van der Waals surface area contributed by atoms with Crippen LogP contribution in [-0.2, 0) is 22.5 Å². The van der Waals surface area contributed by atoms with Crippen LogP contribution in [0.4, 0.5) is 13.2 Å². The van der Waals surface area contributed by atoms with Crippen molar-refractivity contribution in [3.05, 3.63) is 11.6 Å². The number of likely N-dealkylation sites (tertiary alicyclic amines) is 1. The van der Waals surface area contributed by atoms with Gasteiger partial charge in [-0.2, -0.15) is 13.2 Å². The van der Waals surface area contributed by atoms with Gasteiger partial charge in [0.15, 0.2) is 5.82 Å². The Kier molecular flexibility index (Phi) is 5.07. The molecule has 1 aromatic heterocycles. The van der Waals surface area contributed by atoms with Gasteiger partial charge in [0.1, 0.15) is 19.0 Å². The fourth-order valence-electron chi connectivity index (χ4n) is 3.42. The number of carbonyl (C=O) groups is 1. The van der Waals surface area contributed by atoms with Gasteiger partial charge in [-0.1, -0.05) is 6.42 Å². The lowest BCUT2D eigenvalue weighted by molar-refractivity contribution is -0.178. The average molecular weight is 346 g/mol. The van der Waals surface area contributed by atoms with Crippen molar-refractivity contribution >= 4 is 5.91 Å². The number of hydrogen-bond donors (Lipinski definition) is 0. The molecule has 2 aliphatic heterocycles. The van der Waals surface area contributed by atoms with E-state index >= 15 is 0 Å². The van der Waals surface area contributed by atoms with Crippen molar-refractivity contribution in [2.45, 2.75) is 57.3 Å². The molecule has 0 bridgehead atoms. The largest absolute Gasteiger partial charge is 0.411 e. The molecule has 0 saturated carbocycles. The quantitative estimate of drug-likeness (QED) is 0.839. The molecule has 1 saturated heterocycles. The number of ether oxygens (including phenoxy) is 1. The van der Waals surface area contributed by atoms with Crippen molar-refractivity contribution in [1.82, 2.24) is 19.7 Å². The van der Waals surface area contributed by atoms with E-state index in [1.54, 1.807) is 4.90 Å². The fraction of sp³-hybridized carbons (Fsp3) is 0.800. The van der Waals surface area contributed by atoms with Crippen LogP contribution < -0.4 is 0 Å². The molecule has 0 N–H and O–H groups in total.